The molecule has 7 heteroatoms. The molecule has 1 fully saturated rings. The zero-order chi connectivity index (χ0) is 21.9. The first-order valence-electron chi connectivity index (χ1n) is 10.5. The summed E-state index contributed by atoms with van der Waals surface area (Å²) in [4.78, 5) is 24.9. The summed E-state index contributed by atoms with van der Waals surface area (Å²) in [6, 6.07) is 0. The minimum absolute atomic E-state index is 0.164. The van der Waals surface area contributed by atoms with Gasteiger partial charge in [-0.05, 0) is 25.8 Å². The third kappa shape index (κ3) is 7.33. The minimum Gasteiger partial charge on any atom is -0.382 e. The fraction of sp³-hybridized carbons (Fsp3) is 0.727. The second kappa shape index (κ2) is 12.9. The SMILES string of the molecule is C=CC[C@@]1(O)[C@H](OCCCC)[C@@H](COCCCC)O[C@H]1N(/C=C\C(C)=O)C(C)=O. The number of hydrogen-bond donors (Lipinski definition) is 1. The van der Waals surface area contributed by atoms with Crippen molar-refractivity contribution in [1.29, 1.82) is 0 Å². The zero-order valence-electron chi connectivity index (χ0n) is 18.3. The van der Waals surface area contributed by atoms with Gasteiger partial charge in [-0.1, -0.05) is 32.8 Å². The standard InChI is InChI=1S/C22H37NO6/c1-6-9-14-27-16-19-20(28-15-10-7-2)22(26,12-8-3)21(29-19)23(18(5)25)13-11-17(4)24/h8,11,13,19-21,26H,3,6-7,9-10,12,14-16H2,1-2,4-5H3/b13-11-/t19-,20-,21-,22-/m1/s1. The molecule has 0 aromatic heterocycles. The number of hydrogen-bond acceptors (Lipinski definition) is 6. The predicted molar refractivity (Wildman–Crippen MR) is 111 cm³/mol. The largest absolute Gasteiger partial charge is 0.382 e. The summed E-state index contributed by atoms with van der Waals surface area (Å²) < 4.78 is 17.9. The van der Waals surface area contributed by atoms with E-state index in [1.54, 1.807) is 6.08 Å². The van der Waals surface area contributed by atoms with Gasteiger partial charge in [0.15, 0.2) is 12.0 Å². The summed E-state index contributed by atoms with van der Waals surface area (Å²) in [7, 11) is 0. The Hall–Kier alpha value is -1.54. The first-order valence-corrected chi connectivity index (χ1v) is 10.5. The van der Waals surface area contributed by atoms with E-state index in [0.29, 0.717) is 13.2 Å². The molecule has 1 amide bonds. The van der Waals surface area contributed by atoms with Gasteiger partial charge >= 0.3 is 0 Å². The van der Waals surface area contributed by atoms with Gasteiger partial charge in [-0.25, -0.2) is 0 Å². The van der Waals surface area contributed by atoms with Gasteiger partial charge in [-0.3, -0.25) is 14.5 Å². The van der Waals surface area contributed by atoms with E-state index in [4.69, 9.17) is 14.2 Å². The Morgan fingerprint density at radius 2 is 1.86 bits per heavy atom. The molecule has 0 saturated carbocycles. The van der Waals surface area contributed by atoms with Crippen molar-refractivity contribution >= 4 is 11.7 Å². The molecule has 1 saturated heterocycles. The second-order valence-electron chi connectivity index (χ2n) is 7.44. The number of carbonyl (C=O) groups is 2. The number of rotatable bonds is 14. The van der Waals surface area contributed by atoms with E-state index in [1.165, 1.54) is 31.0 Å². The fourth-order valence-corrected chi connectivity index (χ4v) is 3.28. The number of amides is 1. The number of allylic oxidation sites excluding steroid dienone is 1. The average Bonchev–Trinajstić information content (AvgIpc) is 2.91. The lowest BCUT2D eigenvalue weighted by Gasteiger charge is -2.36. The van der Waals surface area contributed by atoms with E-state index < -0.39 is 24.0 Å². The Bertz CT molecular complexity index is 564. The lowest BCUT2D eigenvalue weighted by Crippen LogP contribution is -2.55. The van der Waals surface area contributed by atoms with Gasteiger partial charge in [0.05, 0.1) is 6.61 Å². The van der Waals surface area contributed by atoms with Crippen molar-refractivity contribution in [2.75, 3.05) is 19.8 Å². The summed E-state index contributed by atoms with van der Waals surface area (Å²) in [6.45, 7) is 11.9. The smallest absolute Gasteiger partial charge is 0.225 e. The van der Waals surface area contributed by atoms with E-state index in [1.807, 2.05) is 0 Å². The van der Waals surface area contributed by atoms with Crippen LogP contribution >= 0.6 is 0 Å². The van der Waals surface area contributed by atoms with E-state index in [-0.39, 0.29) is 24.7 Å². The van der Waals surface area contributed by atoms with Gasteiger partial charge in [0.2, 0.25) is 5.91 Å². The topological polar surface area (TPSA) is 85.3 Å². The Morgan fingerprint density at radius 3 is 2.41 bits per heavy atom. The molecule has 1 heterocycles. The maximum atomic E-state index is 12.3. The van der Waals surface area contributed by atoms with Crippen molar-refractivity contribution in [2.45, 2.75) is 83.8 Å². The highest BCUT2D eigenvalue weighted by atomic mass is 16.6. The summed E-state index contributed by atoms with van der Waals surface area (Å²) >= 11 is 0. The van der Waals surface area contributed by atoms with Crippen LogP contribution in [0.2, 0.25) is 0 Å². The Balaban J connectivity index is 3.17. The molecule has 0 radical (unpaired) electrons. The monoisotopic (exact) mass is 411 g/mol. The molecular formula is C22H37NO6. The molecule has 1 aliphatic rings. The van der Waals surface area contributed by atoms with Crippen molar-refractivity contribution in [3.8, 4) is 0 Å². The summed E-state index contributed by atoms with van der Waals surface area (Å²) in [6.07, 6.45) is 5.86. The van der Waals surface area contributed by atoms with E-state index in [2.05, 4.69) is 20.4 Å². The molecule has 7 nitrogen and oxygen atoms in total. The van der Waals surface area contributed by atoms with E-state index >= 15 is 0 Å². The lowest BCUT2D eigenvalue weighted by atomic mass is 9.89. The molecule has 0 unspecified atom stereocenters. The minimum atomic E-state index is -1.51. The summed E-state index contributed by atoms with van der Waals surface area (Å²) in [5, 5.41) is 11.6. The molecule has 166 valence electrons. The van der Waals surface area contributed by atoms with Crippen LogP contribution in [-0.2, 0) is 23.8 Å². The van der Waals surface area contributed by atoms with Crippen molar-refractivity contribution < 1.29 is 28.9 Å². The Labute approximate surface area is 174 Å². The van der Waals surface area contributed by atoms with Crippen LogP contribution in [0.15, 0.2) is 24.9 Å². The summed E-state index contributed by atoms with van der Waals surface area (Å²) in [5.41, 5.74) is -1.51. The third-order valence-electron chi connectivity index (χ3n) is 4.84. The number of carbonyl (C=O) groups excluding carboxylic acids is 2. The molecule has 4 atom stereocenters. The first-order chi connectivity index (χ1) is 13.8. The zero-order valence-corrected chi connectivity index (χ0v) is 18.3. The van der Waals surface area contributed by atoms with Crippen LogP contribution in [0.1, 0.15) is 59.8 Å². The number of ketones is 1. The number of unbranched alkanes of at least 4 members (excludes halogenated alkanes) is 2. The highest BCUT2D eigenvalue weighted by molar-refractivity contribution is 5.88. The Morgan fingerprint density at radius 1 is 1.21 bits per heavy atom. The first kappa shape index (κ1) is 25.5. The molecule has 1 N–H and O–H groups in total. The fourth-order valence-electron chi connectivity index (χ4n) is 3.28. The number of nitrogens with zero attached hydrogens (tertiary/aromatic N) is 1. The maximum Gasteiger partial charge on any atom is 0.225 e. The highest BCUT2D eigenvalue weighted by Crippen LogP contribution is 2.39. The summed E-state index contributed by atoms with van der Waals surface area (Å²) in [5.74, 6) is -0.563. The Kier molecular flexibility index (Phi) is 11.3. The molecule has 1 aliphatic heterocycles. The van der Waals surface area contributed by atoms with Crippen LogP contribution in [0, 0.1) is 0 Å². The van der Waals surface area contributed by atoms with Gasteiger partial charge in [-0.2, -0.15) is 0 Å². The van der Waals surface area contributed by atoms with Crippen LogP contribution < -0.4 is 0 Å². The normalized spacial score (nSPS) is 26.7. The molecule has 0 bridgehead atoms. The van der Waals surface area contributed by atoms with E-state index in [9.17, 15) is 14.7 Å². The van der Waals surface area contributed by atoms with Crippen molar-refractivity contribution in [3.63, 3.8) is 0 Å². The molecule has 1 rings (SSSR count). The van der Waals surface area contributed by atoms with E-state index in [0.717, 1.165) is 25.7 Å². The van der Waals surface area contributed by atoms with Gasteiger partial charge in [0.25, 0.3) is 0 Å². The molecule has 0 aromatic rings. The van der Waals surface area contributed by atoms with Crippen LogP contribution in [0.25, 0.3) is 0 Å². The van der Waals surface area contributed by atoms with Gasteiger partial charge in [0.1, 0.15) is 17.8 Å². The number of aliphatic hydroxyl groups is 1. The van der Waals surface area contributed by atoms with Crippen LogP contribution in [0.4, 0.5) is 0 Å². The van der Waals surface area contributed by atoms with Crippen molar-refractivity contribution in [3.05, 3.63) is 24.9 Å². The lowest BCUT2D eigenvalue weighted by molar-refractivity contribution is -0.159. The van der Waals surface area contributed by atoms with Gasteiger partial charge in [0, 0.05) is 32.8 Å². The van der Waals surface area contributed by atoms with Crippen molar-refractivity contribution in [2.24, 2.45) is 0 Å². The van der Waals surface area contributed by atoms with Crippen LogP contribution in [0.5, 0.6) is 0 Å². The average molecular weight is 412 g/mol. The van der Waals surface area contributed by atoms with Crippen LogP contribution in [0.3, 0.4) is 0 Å². The van der Waals surface area contributed by atoms with Gasteiger partial charge < -0.3 is 19.3 Å². The second-order valence-corrected chi connectivity index (χ2v) is 7.44. The quantitative estimate of drug-likeness (QED) is 0.269. The molecule has 29 heavy (non-hydrogen) atoms. The number of ether oxygens (including phenoxy) is 3. The molecule has 0 spiro atoms. The molecule has 0 aliphatic carbocycles. The maximum absolute atomic E-state index is 12.3. The van der Waals surface area contributed by atoms with Gasteiger partial charge in [-0.15, -0.1) is 6.58 Å². The third-order valence-corrected chi connectivity index (χ3v) is 4.84. The van der Waals surface area contributed by atoms with Crippen molar-refractivity contribution in [1.82, 2.24) is 4.90 Å². The predicted octanol–water partition coefficient (Wildman–Crippen LogP) is 2.97. The molecule has 0 aromatic carbocycles. The van der Waals surface area contributed by atoms with Crippen LogP contribution in [-0.4, -0.2) is 65.6 Å². The molecular weight excluding hydrogens is 374 g/mol. The highest BCUT2D eigenvalue weighted by Gasteiger charge is 2.58.